The van der Waals surface area contributed by atoms with E-state index in [-0.39, 0.29) is 47.2 Å². The normalized spacial score (nSPS) is 21.3. The highest BCUT2D eigenvalue weighted by atomic mass is 32.2. The van der Waals surface area contributed by atoms with Gasteiger partial charge in [-0.15, -0.1) is 0 Å². The Kier molecular flexibility index (Phi) is 6.32. The van der Waals surface area contributed by atoms with Gasteiger partial charge in [-0.1, -0.05) is 0 Å². The van der Waals surface area contributed by atoms with Gasteiger partial charge in [0.2, 0.25) is 10.0 Å². The van der Waals surface area contributed by atoms with Crippen molar-refractivity contribution in [2.45, 2.75) is 33.0 Å². The number of morpholine rings is 1. The molecule has 0 radical (unpaired) electrons. The number of ketones is 1. The minimum Gasteiger partial charge on any atom is -0.378 e. The number of Topliss-reactive ketones (excluding diaryl/α,β-unsaturated/α-hetero) is 1. The second kappa shape index (κ2) is 8.11. The van der Waals surface area contributed by atoms with Gasteiger partial charge in [-0.3, -0.25) is 14.9 Å². The lowest BCUT2D eigenvalue weighted by Crippen LogP contribution is -2.49. The van der Waals surface area contributed by atoms with Crippen LogP contribution >= 0.6 is 0 Å². The highest BCUT2D eigenvalue weighted by Gasteiger charge is 2.30. The van der Waals surface area contributed by atoms with Crippen LogP contribution in [0.4, 0.5) is 11.4 Å². The number of ether oxygens (including phenoxy) is 1. The molecule has 1 aliphatic heterocycles. The third-order valence-corrected chi connectivity index (χ3v) is 5.86. The Balaban J connectivity index is 2.05. The molecule has 1 saturated heterocycles. The van der Waals surface area contributed by atoms with Crippen molar-refractivity contribution in [1.82, 2.24) is 4.31 Å². The van der Waals surface area contributed by atoms with E-state index in [1.807, 2.05) is 13.8 Å². The fourth-order valence-electron chi connectivity index (χ4n) is 2.85. The number of nitro groups is 1. The van der Waals surface area contributed by atoms with E-state index in [9.17, 15) is 23.3 Å². The molecule has 0 unspecified atom stereocenters. The number of nitro benzene ring substituents is 1. The van der Waals surface area contributed by atoms with Gasteiger partial charge in [0.25, 0.3) is 5.69 Å². The Labute approximate surface area is 152 Å². The van der Waals surface area contributed by atoms with Crippen LogP contribution in [0.5, 0.6) is 0 Å². The topological polar surface area (TPSA) is 119 Å². The molecule has 1 aromatic rings. The van der Waals surface area contributed by atoms with Crippen LogP contribution in [0.15, 0.2) is 18.2 Å². The van der Waals surface area contributed by atoms with Crippen molar-refractivity contribution in [3.63, 3.8) is 0 Å². The monoisotopic (exact) mass is 385 g/mol. The zero-order chi connectivity index (χ0) is 19.5. The molecule has 0 saturated carbocycles. The first-order valence-corrected chi connectivity index (χ1v) is 9.87. The van der Waals surface area contributed by atoms with Gasteiger partial charge in [0.05, 0.1) is 22.9 Å². The molecule has 9 nitrogen and oxygen atoms in total. The Morgan fingerprint density at radius 3 is 2.50 bits per heavy atom. The molecule has 0 bridgehead atoms. The second-order valence-electron chi connectivity index (χ2n) is 6.36. The molecular weight excluding hydrogens is 362 g/mol. The van der Waals surface area contributed by atoms with Crippen LogP contribution < -0.4 is 5.32 Å². The number of carbonyl (C=O) groups is 1. The van der Waals surface area contributed by atoms with Gasteiger partial charge in [0.1, 0.15) is 5.69 Å². The molecule has 1 N–H and O–H groups in total. The molecule has 0 aliphatic carbocycles. The number of nitrogens with zero attached hydrogens (tertiary/aromatic N) is 2. The predicted octanol–water partition coefficient (Wildman–Crippen LogP) is 1.65. The summed E-state index contributed by atoms with van der Waals surface area (Å²) in [5.74, 6) is -0.476. The fraction of sp³-hybridized carbons (Fsp3) is 0.562. The molecule has 2 atom stereocenters. The van der Waals surface area contributed by atoms with Crippen LogP contribution in [-0.2, 0) is 14.8 Å². The molecular formula is C16H23N3O6S. The maximum Gasteiger partial charge on any atom is 0.293 e. The van der Waals surface area contributed by atoms with E-state index in [1.165, 1.54) is 29.4 Å². The van der Waals surface area contributed by atoms with Gasteiger partial charge in [-0.25, -0.2) is 8.42 Å². The lowest BCUT2D eigenvalue weighted by atomic mass is 10.1. The molecule has 1 aromatic carbocycles. The van der Waals surface area contributed by atoms with Crippen LogP contribution in [0.1, 0.15) is 31.1 Å². The number of anilines is 1. The molecule has 2 rings (SSSR count). The number of carbonyl (C=O) groups excluding carboxylic acids is 1. The van der Waals surface area contributed by atoms with Gasteiger partial charge >= 0.3 is 0 Å². The summed E-state index contributed by atoms with van der Waals surface area (Å²) in [5, 5.41) is 14.0. The zero-order valence-electron chi connectivity index (χ0n) is 15.0. The zero-order valence-corrected chi connectivity index (χ0v) is 15.8. The van der Waals surface area contributed by atoms with Gasteiger partial charge in [-0.05, 0) is 32.9 Å². The van der Waals surface area contributed by atoms with E-state index in [4.69, 9.17) is 4.74 Å². The Morgan fingerprint density at radius 1 is 1.35 bits per heavy atom. The SMILES string of the molecule is CC(=O)c1ccc(NCCS(=O)(=O)N2C[C@@H](C)O[C@H](C)C2)c([N+](=O)[O-])c1. The fourth-order valence-corrected chi connectivity index (χ4v) is 4.35. The molecule has 1 heterocycles. The lowest BCUT2D eigenvalue weighted by molar-refractivity contribution is -0.384. The number of rotatable bonds is 7. The summed E-state index contributed by atoms with van der Waals surface area (Å²) in [4.78, 5) is 22.0. The van der Waals surface area contributed by atoms with Gasteiger partial charge in [0.15, 0.2) is 5.78 Å². The van der Waals surface area contributed by atoms with Gasteiger partial charge in [0, 0.05) is 31.3 Å². The van der Waals surface area contributed by atoms with E-state index >= 15 is 0 Å². The maximum atomic E-state index is 12.5. The third kappa shape index (κ3) is 4.99. The first-order chi connectivity index (χ1) is 12.1. The van der Waals surface area contributed by atoms with Crippen molar-refractivity contribution in [3.05, 3.63) is 33.9 Å². The Morgan fingerprint density at radius 2 is 1.96 bits per heavy atom. The van der Waals surface area contributed by atoms with Crippen molar-refractivity contribution >= 4 is 27.2 Å². The highest BCUT2D eigenvalue weighted by molar-refractivity contribution is 7.89. The molecule has 1 aliphatic rings. The summed E-state index contributed by atoms with van der Waals surface area (Å²) in [5.41, 5.74) is 0.147. The van der Waals surface area contributed by atoms with Crippen molar-refractivity contribution in [1.29, 1.82) is 0 Å². The summed E-state index contributed by atoms with van der Waals surface area (Å²) in [7, 11) is -3.51. The van der Waals surface area contributed by atoms with E-state index in [2.05, 4.69) is 5.32 Å². The average molecular weight is 385 g/mol. The standard InChI is InChI=1S/C16H23N3O6S/c1-11-9-18(10-12(2)25-11)26(23,24)7-6-17-15-5-4-14(13(3)20)8-16(15)19(21)22/h4-5,8,11-12,17H,6-7,9-10H2,1-3H3/t11-,12-/m1/s1. The minimum atomic E-state index is -3.51. The summed E-state index contributed by atoms with van der Waals surface area (Å²) in [6.45, 7) is 5.55. The first kappa shape index (κ1) is 20.3. The van der Waals surface area contributed by atoms with E-state index in [0.29, 0.717) is 13.1 Å². The molecule has 10 heteroatoms. The number of sulfonamides is 1. The molecule has 26 heavy (non-hydrogen) atoms. The van der Waals surface area contributed by atoms with Gasteiger partial charge < -0.3 is 10.1 Å². The first-order valence-electron chi connectivity index (χ1n) is 8.26. The van der Waals surface area contributed by atoms with Crippen LogP contribution in [0.3, 0.4) is 0 Å². The molecule has 0 spiro atoms. The Hall–Kier alpha value is -2.04. The number of benzene rings is 1. The molecule has 0 amide bonds. The number of nitrogens with one attached hydrogen (secondary N) is 1. The maximum absolute atomic E-state index is 12.5. The lowest BCUT2D eigenvalue weighted by Gasteiger charge is -2.34. The largest absolute Gasteiger partial charge is 0.378 e. The number of hydrogen-bond acceptors (Lipinski definition) is 7. The number of hydrogen-bond donors (Lipinski definition) is 1. The summed E-state index contributed by atoms with van der Waals surface area (Å²) in [6.07, 6.45) is -0.358. The van der Waals surface area contributed by atoms with Gasteiger partial charge in [-0.2, -0.15) is 4.31 Å². The van der Waals surface area contributed by atoms with E-state index in [0.717, 1.165) is 0 Å². The third-order valence-electron chi connectivity index (χ3n) is 4.06. The Bertz CT molecular complexity index is 785. The molecule has 144 valence electrons. The minimum absolute atomic E-state index is 0.0166. The van der Waals surface area contributed by atoms with Crippen molar-refractivity contribution in [2.75, 3.05) is 30.7 Å². The summed E-state index contributed by atoms with van der Waals surface area (Å²) < 4.78 is 31.9. The van der Waals surface area contributed by atoms with E-state index in [1.54, 1.807) is 0 Å². The van der Waals surface area contributed by atoms with Crippen LogP contribution in [-0.4, -0.2) is 61.0 Å². The van der Waals surface area contributed by atoms with Crippen LogP contribution in [0, 0.1) is 10.1 Å². The molecule has 1 fully saturated rings. The summed E-state index contributed by atoms with van der Waals surface area (Å²) in [6, 6.07) is 4.07. The highest BCUT2D eigenvalue weighted by Crippen LogP contribution is 2.26. The van der Waals surface area contributed by atoms with Crippen LogP contribution in [0.25, 0.3) is 0 Å². The smallest absolute Gasteiger partial charge is 0.293 e. The summed E-state index contributed by atoms with van der Waals surface area (Å²) >= 11 is 0. The second-order valence-corrected chi connectivity index (χ2v) is 8.45. The molecule has 0 aromatic heterocycles. The van der Waals surface area contributed by atoms with E-state index < -0.39 is 14.9 Å². The van der Waals surface area contributed by atoms with Crippen LogP contribution in [0.2, 0.25) is 0 Å². The average Bonchev–Trinajstić information content (AvgIpc) is 2.53. The quantitative estimate of drug-likeness (QED) is 0.430. The predicted molar refractivity (Wildman–Crippen MR) is 97.0 cm³/mol. The van der Waals surface area contributed by atoms with Crippen molar-refractivity contribution < 1.29 is 22.9 Å². The van der Waals surface area contributed by atoms with Crippen molar-refractivity contribution in [3.8, 4) is 0 Å². The van der Waals surface area contributed by atoms with Crippen molar-refractivity contribution in [2.24, 2.45) is 0 Å².